The van der Waals surface area contributed by atoms with Gasteiger partial charge in [-0.15, -0.1) is 0 Å². The third kappa shape index (κ3) is 1.61. The molecule has 0 spiro atoms. The van der Waals surface area contributed by atoms with E-state index in [0.717, 1.165) is 0 Å². The molecule has 0 atom stereocenters. The first-order chi connectivity index (χ1) is 6.66. The standard InChI is InChI=1S/C9H7ClFN3/c1-14-5-12-9(13-14)7-4-6(10)2-3-8(7)11/h2-5H,1H3. The fourth-order valence-electron chi connectivity index (χ4n) is 1.13. The number of benzene rings is 1. The minimum atomic E-state index is -0.374. The SMILES string of the molecule is Cn1cnc(-c2cc(Cl)ccc2F)n1. The van der Waals surface area contributed by atoms with E-state index in [9.17, 15) is 4.39 Å². The summed E-state index contributed by atoms with van der Waals surface area (Å²) >= 11 is 5.74. The lowest BCUT2D eigenvalue weighted by Gasteiger charge is -1.98. The first-order valence-corrected chi connectivity index (χ1v) is 4.35. The summed E-state index contributed by atoms with van der Waals surface area (Å²) in [6, 6.07) is 4.30. The van der Waals surface area contributed by atoms with E-state index >= 15 is 0 Å². The predicted molar refractivity (Wildman–Crippen MR) is 51.4 cm³/mol. The Morgan fingerprint density at radius 1 is 1.43 bits per heavy atom. The van der Waals surface area contributed by atoms with Gasteiger partial charge in [-0.3, -0.25) is 4.68 Å². The zero-order valence-corrected chi connectivity index (χ0v) is 8.16. The highest BCUT2D eigenvalue weighted by Gasteiger charge is 2.09. The molecule has 5 heteroatoms. The zero-order valence-electron chi connectivity index (χ0n) is 7.41. The molecule has 0 saturated carbocycles. The topological polar surface area (TPSA) is 30.7 Å². The molecule has 0 fully saturated rings. The third-order valence-corrected chi connectivity index (χ3v) is 2.00. The lowest BCUT2D eigenvalue weighted by molar-refractivity contribution is 0.629. The van der Waals surface area contributed by atoms with Gasteiger partial charge in [-0.25, -0.2) is 9.37 Å². The van der Waals surface area contributed by atoms with Crippen molar-refractivity contribution in [2.45, 2.75) is 0 Å². The second kappa shape index (κ2) is 3.38. The summed E-state index contributed by atoms with van der Waals surface area (Å²) in [7, 11) is 1.72. The maximum absolute atomic E-state index is 13.3. The van der Waals surface area contributed by atoms with Crippen LogP contribution < -0.4 is 0 Å². The van der Waals surface area contributed by atoms with E-state index in [1.54, 1.807) is 7.05 Å². The number of aryl methyl sites for hydroxylation is 1. The Kier molecular flexibility index (Phi) is 2.21. The van der Waals surface area contributed by atoms with Crippen molar-refractivity contribution in [3.63, 3.8) is 0 Å². The van der Waals surface area contributed by atoms with Gasteiger partial charge >= 0.3 is 0 Å². The normalized spacial score (nSPS) is 10.5. The van der Waals surface area contributed by atoms with Crippen LogP contribution in [0.25, 0.3) is 11.4 Å². The molecule has 2 rings (SSSR count). The Labute approximate surface area is 85.1 Å². The average molecular weight is 212 g/mol. The molecule has 14 heavy (non-hydrogen) atoms. The molecule has 1 aromatic heterocycles. The van der Waals surface area contributed by atoms with E-state index in [0.29, 0.717) is 16.4 Å². The summed E-state index contributed by atoms with van der Waals surface area (Å²) in [5.41, 5.74) is 0.318. The van der Waals surface area contributed by atoms with Crippen LogP contribution >= 0.6 is 11.6 Å². The molecule has 0 N–H and O–H groups in total. The predicted octanol–water partition coefficient (Wildman–Crippen LogP) is 2.27. The molecular formula is C9H7ClFN3. The van der Waals surface area contributed by atoms with Crippen molar-refractivity contribution in [3.05, 3.63) is 35.4 Å². The van der Waals surface area contributed by atoms with Crippen LogP contribution in [-0.2, 0) is 7.05 Å². The Balaban J connectivity index is 2.55. The van der Waals surface area contributed by atoms with Crippen LogP contribution in [0.1, 0.15) is 0 Å². The summed E-state index contributed by atoms with van der Waals surface area (Å²) < 4.78 is 14.8. The number of hydrogen-bond acceptors (Lipinski definition) is 2. The number of aromatic nitrogens is 3. The average Bonchev–Trinajstić information content (AvgIpc) is 2.56. The van der Waals surface area contributed by atoms with Crippen LogP contribution in [-0.4, -0.2) is 14.8 Å². The third-order valence-electron chi connectivity index (χ3n) is 1.77. The van der Waals surface area contributed by atoms with Crippen LogP contribution in [0.2, 0.25) is 5.02 Å². The quantitative estimate of drug-likeness (QED) is 0.725. The van der Waals surface area contributed by atoms with Gasteiger partial charge in [0.15, 0.2) is 5.82 Å². The summed E-state index contributed by atoms with van der Waals surface area (Å²) in [5.74, 6) is -0.0342. The van der Waals surface area contributed by atoms with Crippen LogP contribution in [0, 0.1) is 5.82 Å². The van der Waals surface area contributed by atoms with Gasteiger partial charge in [0.25, 0.3) is 0 Å². The molecule has 0 unspecified atom stereocenters. The van der Waals surface area contributed by atoms with Crippen molar-refractivity contribution < 1.29 is 4.39 Å². The monoisotopic (exact) mass is 211 g/mol. The van der Waals surface area contributed by atoms with Gasteiger partial charge < -0.3 is 0 Å². The molecule has 72 valence electrons. The summed E-state index contributed by atoms with van der Waals surface area (Å²) in [6.07, 6.45) is 1.51. The highest BCUT2D eigenvalue weighted by atomic mass is 35.5. The summed E-state index contributed by atoms with van der Waals surface area (Å²) in [4.78, 5) is 3.94. The molecular weight excluding hydrogens is 205 g/mol. The van der Waals surface area contributed by atoms with Crippen LogP contribution in [0.4, 0.5) is 4.39 Å². The van der Waals surface area contributed by atoms with Crippen LogP contribution in [0.5, 0.6) is 0 Å². The van der Waals surface area contributed by atoms with E-state index in [-0.39, 0.29) is 5.82 Å². The Hall–Kier alpha value is -1.42. The van der Waals surface area contributed by atoms with Crippen LogP contribution in [0.3, 0.4) is 0 Å². The van der Waals surface area contributed by atoms with Gasteiger partial charge in [0.1, 0.15) is 12.1 Å². The number of rotatable bonds is 1. The highest BCUT2D eigenvalue weighted by Crippen LogP contribution is 2.22. The van der Waals surface area contributed by atoms with Crippen molar-refractivity contribution in [1.82, 2.24) is 14.8 Å². The summed E-state index contributed by atoms with van der Waals surface area (Å²) in [5, 5.41) is 4.46. The van der Waals surface area contributed by atoms with Gasteiger partial charge in [0, 0.05) is 12.1 Å². The van der Waals surface area contributed by atoms with E-state index in [4.69, 9.17) is 11.6 Å². The highest BCUT2D eigenvalue weighted by molar-refractivity contribution is 6.30. The second-order valence-corrected chi connectivity index (χ2v) is 3.30. The van der Waals surface area contributed by atoms with Crippen molar-refractivity contribution in [3.8, 4) is 11.4 Å². The molecule has 0 saturated heterocycles. The van der Waals surface area contributed by atoms with E-state index < -0.39 is 0 Å². The molecule has 0 amide bonds. The van der Waals surface area contributed by atoms with Gasteiger partial charge in [-0.1, -0.05) is 11.6 Å². The Morgan fingerprint density at radius 2 is 2.21 bits per heavy atom. The number of nitrogens with zero attached hydrogens (tertiary/aromatic N) is 3. The van der Waals surface area contributed by atoms with E-state index in [2.05, 4.69) is 10.1 Å². The lowest BCUT2D eigenvalue weighted by Crippen LogP contribution is -1.90. The maximum atomic E-state index is 13.3. The molecule has 3 nitrogen and oxygen atoms in total. The molecule has 1 heterocycles. The zero-order chi connectivity index (χ0) is 10.1. The molecule has 1 aromatic carbocycles. The lowest BCUT2D eigenvalue weighted by atomic mass is 10.2. The maximum Gasteiger partial charge on any atom is 0.184 e. The minimum Gasteiger partial charge on any atom is -0.255 e. The molecule has 0 radical (unpaired) electrons. The van der Waals surface area contributed by atoms with Crippen molar-refractivity contribution in [1.29, 1.82) is 0 Å². The molecule has 0 aliphatic carbocycles. The van der Waals surface area contributed by atoms with E-state index in [1.165, 1.54) is 29.2 Å². The first-order valence-electron chi connectivity index (χ1n) is 3.98. The largest absolute Gasteiger partial charge is 0.255 e. The molecule has 0 aliphatic heterocycles. The van der Waals surface area contributed by atoms with E-state index in [1.807, 2.05) is 0 Å². The van der Waals surface area contributed by atoms with Gasteiger partial charge in [0.2, 0.25) is 0 Å². The van der Waals surface area contributed by atoms with Crippen LogP contribution in [0.15, 0.2) is 24.5 Å². The van der Waals surface area contributed by atoms with Gasteiger partial charge in [-0.2, -0.15) is 5.10 Å². The molecule has 0 bridgehead atoms. The van der Waals surface area contributed by atoms with Gasteiger partial charge in [0.05, 0.1) is 5.56 Å². The van der Waals surface area contributed by atoms with Gasteiger partial charge in [-0.05, 0) is 18.2 Å². The van der Waals surface area contributed by atoms with Crippen molar-refractivity contribution in [2.24, 2.45) is 7.05 Å². The number of halogens is 2. The fourth-order valence-corrected chi connectivity index (χ4v) is 1.30. The second-order valence-electron chi connectivity index (χ2n) is 2.87. The minimum absolute atomic E-state index is 0.318. The Bertz CT molecular complexity index is 467. The summed E-state index contributed by atoms with van der Waals surface area (Å²) in [6.45, 7) is 0. The Morgan fingerprint density at radius 3 is 2.86 bits per heavy atom. The fraction of sp³-hybridized carbons (Fsp3) is 0.111. The molecule has 0 aliphatic rings. The number of hydrogen-bond donors (Lipinski definition) is 0. The first kappa shape index (κ1) is 9.15. The molecule has 2 aromatic rings. The smallest absolute Gasteiger partial charge is 0.184 e. The van der Waals surface area contributed by atoms with Crippen molar-refractivity contribution >= 4 is 11.6 Å². The van der Waals surface area contributed by atoms with Crippen molar-refractivity contribution in [2.75, 3.05) is 0 Å².